The summed E-state index contributed by atoms with van der Waals surface area (Å²) < 4.78 is 12.5. The topological polar surface area (TPSA) is 46.2 Å². The van der Waals surface area contributed by atoms with E-state index in [-0.39, 0.29) is 18.9 Å². The van der Waals surface area contributed by atoms with E-state index in [0.717, 1.165) is 0 Å². The molecule has 15 heavy (non-hydrogen) atoms. The third kappa shape index (κ3) is 4.08. The molecule has 80 valence electrons. The Morgan fingerprint density at radius 1 is 1.27 bits per heavy atom. The van der Waals surface area contributed by atoms with E-state index in [1.165, 1.54) is 24.3 Å². The number of amides is 1. The molecule has 0 saturated carbocycles. The molecule has 0 aliphatic rings. The van der Waals surface area contributed by atoms with Crippen molar-refractivity contribution in [2.45, 2.75) is 6.42 Å². The van der Waals surface area contributed by atoms with Gasteiger partial charge in [-0.1, -0.05) is 0 Å². The van der Waals surface area contributed by atoms with E-state index in [1.54, 1.807) is 0 Å². The number of rotatable bonds is 4. The lowest BCUT2D eigenvalue weighted by Crippen LogP contribution is -2.25. The Kier molecular flexibility index (Phi) is 4.24. The smallest absolute Gasteiger partial charge is 0.251 e. The molecule has 1 aromatic carbocycles. The summed E-state index contributed by atoms with van der Waals surface area (Å²) in [7, 11) is 0. The molecular formula is C10H9ClFNO2. The van der Waals surface area contributed by atoms with Crippen molar-refractivity contribution >= 4 is 22.8 Å². The molecule has 5 heteroatoms. The lowest BCUT2D eigenvalue weighted by atomic mass is 10.2. The number of carbonyl (C=O) groups is 2. The van der Waals surface area contributed by atoms with Crippen molar-refractivity contribution in [3.63, 3.8) is 0 Å². The van der Waals surface area contributed by atoms with Crippen molar-refractivity contribution in [1.29, 1.82) is 0 Å². The zero-order valence-electron chi connectivity index (χ0n) is 7.80. The van der Waals surface area contributed by atoms with Gasteiger partial charge < -0.3 is 5.32 Å². The SMILES string of the molecule is O=C(Cl)CCNC(=O)c1ccc(F)cc1. The molecule has 0 aliphatic heterocycles. The highest BCUT2D eigenvalue weighted by Gasteiger charge is 2.05. The maximum atomic E-state index is 12.5. The van der Waals surface area contributed by atoms with Gasteiger partial charge in [-0.25, -0.2) is 4.39 Å². The van der Waals surface area contributed by atoms with Crippen LogP contribution in [0.1, 0.15) is 16.8 Å². The van der Waals surface area contributed by atoms with Crippen molar-refractivity contribution < 1.29 is 14.0 Å². The average Bonchev–Trinajstić information content (AvgIpc) is 2.18. The molecule has 0 aromatic heterocycles. The summed E-state index contributed by atoms with van der Waals surface area (Å²) in [6, 6.07) is 5.13. The number of hydrogen-bond donors (Lipinski definition) is 1. The first-order valence-electron chi connectivity index (χ1n) is 4.31. The first-order chi connectivity index (χ1) is 7.09. The Balaban J connectivity index is 2.47. The predicted molar refractivity (Wildman–Crippen MR) is 54.2 cm³/mol. The molecule has 1 aromatic rings. The molecule has 1 rings (SSSR count). The van der Waals surface area contributed by atoms with Gasteiger partial charge in [-0.05, 0) is 35.9 Å². The summed E-state index contributed by atoms with van der Waals surface area (Å²) >= 11 is 5.09. The first kappa shape index (κ1) is 11.7. The van der Waals surface area contributed by atoms with E-state index >= 15 is 0 Å². The third-order valence-electron chi connectivity index (χ3n) is 1.71. The Morgan fingerprint density at radius 3 is 2.40 bits per heavy atom. The zero-order chi connectivity index (χ0) is 11.3. The minimum Gasteiger partial charge on any atom is -0.352 e. The van der Waals surface area contributed by atoms with Gasteiger partial charge in [-0.3, -0.25) is 9.59 Å². The van der Waals surface area contributed by atoms with Crippen molar-refractivity contribution in [3.8, 4) is 0 Å². The van der Waals surface area contributed by atoms with Crippen molar-refractivity contribution in [3.05, 3.63) is 35.6 Å². The van der Waals surface area contributed by atoms with Gasteiger partial charge in [0.2, 0.25) is 5.24 Å². The van der Waals surface area contributed by atoms with E-state index < -0.39 is 11.1 Å². The second-order valence-corrected chi connectivity index (χ2v) is 3.29. The van der Waals surface area contributed by atoms with E-state index in [0.29, 0.717) is 5.56 Å². The normalized spacial score (nSPS) is 9.73. The van der Waals surface area contributed by atoms with Gasteiger partial charge >= 0.3 is 0 Å². The monoisotopic (exact) mass is 229 g/mol. The molecule has 0 saturated heterocycles. The molecule has 0 heterocycles. The summed E-state index contributed by atoms with van der Waals surface area (Å²) in [5.74, 6) is -0.754. The molecule has 0 atom stereocenters. The van der Waals surface area contributed by atoms with Crippen LogP contribution in [0, 0.1) is 5.82 Å². The van der Waals surface area contributed by atoms with E-state index in [1.807, 2.05) is 0 Å². The second kappa shape index (κ2) is 5.46. The molecule has 1 N–H and O–H groups in total. The Hall–Kier alpha value is -1.42. The van der Waals surface area contributed by atoms with Crippen molar-refractivity contribution in [2.24, 2.45) is 0 Å². The molecule has 0 bridgehead atoms. The molecule has 0 fully saturated rings. The van der Waals surface area contributed by atoms with Gasteiger partial charge in [0.1, 0.15) is 5.82 Å². The number of hydrogen-bond acceptors (Lipinski definition) is 2. The van der Waals surface area contributed by atoms with Gasteiger partial charge in [0.15, 0.2) is 0 Å². The third-order valence-corrected chi connectivity index (χ3v) is 1.90. The summed E-state index contributed by atoms with van der Waals surface area (Å²) in [5.41, 5.74) is 0.346. The lowest BCUT2D eigenvalue weighted by molar-refractivity contribution is -0.111. The molecular weight excluding hydrogens is 221 g/mol. The fraction of sp³-hybridized carbons (Fsp3) is 0.200. The summed E-state index contributed by atoms with van der Waals surface area (Å²) in [4.78, 5) is 21.7. The maximum Gasteiger partial charge on any atom is 0.251 e. The fourth-order valence-electron chi connectivity index (χ4n) is 0.978. The van der Waals surface area contributed by atoms with E-state index in [4.69, 9.17) is 11.6 Å². The molecule has 0 radical (unpaired) electrons. The van der Waals surface area contributed by atoms with Gasteiger partial charge in [0.25, 0.3) is 5.91 Å². The van der Waals surface area contributed by atoms with Gasteiger partial charge in [-0.15, -0.1) is 0 Å². The molecule has 0 spiro atoms. The number of benzene rings is 1. The minimum atomic E-state index is -0.505. The van der Waals surface area contributed by atoms with Crippen LogP contribution in [-0.4, -0.2) is 17.7 Å². The van der Waals surface area contributed by atoms with Gasteiger partial charge in [0, 0.05) is 18.5 Å². The van der Waals surface area contributed by atoms with Crippen LogP contribution in [0.4, 0.5) is 4.39 Å². The largest absolute Gasteiger partial charge is 0.352 e. The quantitative estimate of drug-likeness (QED) is 0.799. The van der Waals surface area contributed by atoms with Crippen LogP contribution in [0.3, 0.4) is 0 Å². The Labute approximate surface area is 91.2 Å². The van der Waals surface area contributed by atoms with Crippen LogP contribution >= 0.6 is 11.6 Å². The summed E-state index contributed by atoms with van der Waals surface area (Å²) in [5, 5.41) is 1.98. The highest BCUT2D eigenvalue weighted by Crippen LogP contribution is 2.02. The molecule has 1 amide bonds. The molecule has 0 aliphatic carbocycles. The van der Waals surface area contributed by atoms with Crippen LogP contribution < -0.4 is 5.32 Å². The van der Waals surface area contributed by atoms with Crippen LogP contribution in [0.5, 0.6) is 0 Å². The van der Waals surface area contributed by atoms with Crippen molar-refractivity contribution in [2.75, 3.05) is 6.54 Å². The van der Waals surface area contributed by atoms with Gasteiger partial charge in [0.05, 0.1) is 0 Å². The molecule has 0 unspecified atom stereocenters. The number of nitrogens with one attached hydrogen (secondary N) is 1. The number of carbonyl (C=O) groups excluding carboxylic acids is 2. The van der Waals surface area contributed by atoms with Crippen molar-refractivity contribution in [1.82, 2.24) is 5.32 Å². The van der Waals surface area contributed by atoms with E-state index in [9.17, 15) is 14.0 Å². The van der Waals surface area contributed by atoms with E-state index in [2.05, 4.69) is 5.32 Å². The van der Waals surface area contributed by atoms with Crippen LogP contribution in [-0.2, 0) is 4.79 Å². The maximum absolute atomic E-state index is 12.5. The Morgan fingerprint density at radius 2 is 1.87 bits per heavy atom. The standard InChI is InChI=1S/C10H9ClFNO2/c11-9(14)5-6-13-10(15)7-1-3-8(12)4-2-7/h1-4H,5-6H2,(H,13,15). The lowest BCUT2D eigenvalue weighted by Gasteiger charge is -2.02. The zero-order valence-corrected chi connectivity index (χ0v) is 8.55. The second-order valence-electron chi connectivity index (χ2n) is 2.87. The van der Waals surface area contributed by atoms with Crippen LogP contribution in [0.25, 0.3) is 0 Å². The number of halogens is 2. The first-order valence-corrected chi connectivity index (χ1v) is 4.69. The summed E-state index contributed by atoms with van der Waals surface area (Å²) in [6.45, 7) is 0.179. The predicted octanol–water partition coefficient (Wildman–Crippen LogP) is 1.71. The summed E-state index contributed by atoms with van der Waals surface area (Å²) in [6.07, 6.45) is 0.0779. The molecule has 3 nitrogen and oxygen atoms in total. The van der Waals surface area contributed by atoms with Crippen LogP contribution in [0.15, 0.2) is 24.3 Å². The average molecular weight is 230 g/mol. The minimum absolute atomic E-state index is 0.0779. The highest BCUT2D eigenvalue weighted by atomic mass is 35.5. The van der Waals surface area contributed by atoms with Gasteiger partial charge in [-0.2, -0.15) is 0 Å². The van der Waals surface area contributed by atoms with Crippen LogP contribution in [0.2, 0.25) is 0 Å². The highest BCUT2D eigenvalue weighted by molar-refractivity contribution is 6.63. The Bertz CT molecular complexity index is 364. The fourth-order valence-corrected chi connectivity index (χ4v) is 1.07.